The van der Waals surface area contributed by atoms with Gasteiger partial charge in [-0.25, -0.2) is 0 Å². The van der Waals surface area contributed by atoms with Crippen molar-refractivity contribution in [1.29, 1.82) is 0 Å². The van der Waals surface area contributed by atoms with Crippen molar-refractivity contribution in [3.63, 3.8) is 0 Å². The first kappa shape index (κ1) is 13.9. The van der Waals surface area contributed by atoms with Gasteiger partial charge >= 0.3 is 0 Å². The molecule has 0 atom stereocenters. The van der Waals surface area contributed by atoms with Crippen LogP contribution in [0.15, 0.2) is 0 Å². The molecule has 0 aliphatic carbocycles. The number of aliphatic hydroxyl groups excluding tert-OH is 1. The predicted molar refractivity (Wildman–Crippen MR) is 57.2 cm³/mol. The Hall–Kier alpha value is -1.10. The van der Waals surface area contributed by atoms with Crippen molar-refractivity contribution in [3.05, 3.63) is 0 Å². The highest BCUT2D eigenvalue weighted by molar-refractivity contribution is 5.83. The van der Waals surface area contributed by atoms with Crippen molar-refractivity contribution in [2.45, 2.75) is 32.7 Å². The maximum Gasteiger partial charge on any atom is 0.240 e. The molecule has 0 fully saturated rings. The smallest absolute Gasteiger partial charge is 0.240 e. The molecule has 0 aromatic rings. The van der Waals surface area contributed by atoms with Crippen molar-refractivity contribution in [2.24, 2.45) is 0 Å². The van der Waals surface area contributed by atoms with Crippen LogP contribution in [-0.2, 0) is 9.59 Å². The number of nitrogens with one attached hydrogen (secondary N) is 1. The third kappa shape index (κ3) is 6.06. The first-order valence-electron chi connectivity index (χ1n) is 4.92. The van der Waals surface area contributed by atoms with E-state index in [4.69, 9.17) is 5.11 Å². The van der Waals surface area contributed by atoms with Crippen LogP contribution in [-0.4, -0.2) is 47.6 Å². The molecule has 0 aliphatic rings. The van der Waals surface area contributed by atoms with Crippen LogP contribution in [0.3, 0.4) is 0 Å². The zero-order valence-electron chi connectivity index (χ0n) is 9.83. The van der Waals surface area contributed by atoms with Crippen LogP contribution in [0.1, 0.15) is 27.2 Å². The van der Waals surface area contributed by atoms with Crippen LogP contribution in [0.2, 0.25) is 0 Å². The van der Waals surface area contributed by atoms with Gasteiger partial charge in [0.2, 0.25) is 11.8 Å². The molecule has 0 aliphatic heterocycles. The fourth-order valence-corrected chi connectivity index (χ4v) is 1.09. The van der Waals surface area contributed by atoms with Crippen molar-refractivity contribution in [2.75, 3.05) is 20.2 Å². The SMILES string of the molecule is CC(=O)N(C)CC(=O)NC(C)(C)CCO. The van der Waals surface area contributed by atoms with Gasteiger partial charge in [0.1, 0.15) is 0 Å². The van der Waals surface area contributed by atoms with Crippen LogP contribution in [0, 0.1) is 0 Å². The summed E-state index contributed by atoms with van der Waals surface area (Å²) < 4.78 is 0. The lowest BCUT2D eigenvalue weighted by Gasteiger charge is -2.26. The number of aliphatic hydroxyl groups is 1. The van der Waals surface area contributed by atoms with E-state index < -0.39 is 5.54 Å². The topological polar surface area (TPSA) is 69.6 Å². The molecule has 0 heterocycles. The Bertz CT molecular complexity index is 239. The highest BCUT2D eigenvalue weighted by Crippen LogP contribution is 2.06. The standard InChI is InChI=1S/C10H20N2O3/c1-8(14)12(4)7-9(15)11-10(2,3)5-6-13/h13H,5-7H2,1-4H3,(H,11,15). The number of hydrogen-bond acceptors (Lipinski definition) is 3. The van der Waals surface area contributed by atoms with Gasteiger partial charge < -0.3 is 15.3 Å². The summed E-state index contributed by atoms with van der Waals surface area (Å²) in [7, 11) is 1.57. The monoisotopic (exact) mass is 216 g/mol. The number of hydrogen-bond donors (Lipinski definition) is 2. The minimum Gasteiger partial charge on any atom is -0.396 e. The molecule has 0 spiro atoms. The van der Waals surface area contributed by atoms with Gasteiger partial charge in [-0.3, -0.25) is 9.59 Å². The molecule has 0 rings (SSSR count). The fourth-order valence-electron chi connectivity index (χ4n) is 1.09. The van der Waals surface area contributed by atoms with Gasteiger partial charge in [-0.15, -0.1) is 0 Å². The molecule has 0 unspecified atom stereocenters. The third-order valence-electron chi connectivity index (χ3n) is 2.13. The lowest BCUT2D eigenvalue weighted by Crippen LogP contribution is -2.48. The number of carbonyl (C=O) groups is 2. The molecule has 0 radical (unpaired) electrons. The molecule has 2 N–H and O–H groups in total. The Morgan fingerprint density at radius 2 is 1.93 bits per heavy atom. The van der Waals surface area contributed by atoms with Gasteiger partial charge in [-0.2, -0.15) is 0 Å². The van der Waals surface area contributed by atoms with E-state index in [1.165, 1.54) is 11.8 Å². The molecule has 0 bridgehead atoms. The number of carbonyl (C=O) groups excluding carboxylic acids is 2. The van der Waals surface area contributed by atoms with Crippen molar-refractivity contribution in [1.82, 2.24) is 10.2 Å². The maximum atomic E-state index is 11.5. The lowest BCUT2D eigenvalue weighted by molar-refractivity contribution is -0.133. The second-order valence-electron chi connectivity index (χ2n) is 4.28. The first-order valence-corrected chi connectivity index (χ1v) is 4.92. The molecule has 88 valence electrons. The summed E-state index contributed by atoms with van der Waals surface area (Å²) in [5, 5.41) is 11.5. The summed E-state index contributed by atoms with van der Waals surface area (Å²) in [4.78, 5) is 23.7. The molecule has 0 saturated carbocycles. The van der Waals surface area contributed by atoms with Crippen molar-refractivity contribution in [3.8, 4) is 0 Å². The molecule has 0 aromatic heterocycles. The molecular formula is C10H20N2O3. The largest absolute Gasteiger partial charge is 0.396 e. The van der Waals surface area contributed by atoms with E-state index in [2.05, 4.69) is 5.32 Å². The fraction of sp³-hybridized carbons (Fsp3) is 0.800. The van der Waals surface area contributed by atoms with Crippen LogP contribution >= 0.6 is 0 Å². The average molecular weight is 216 g/mol. The quantitative estimate of drug-likeness (QED) is 0.665. The Morgan fingerprint density at radius 3 is 2.33 bits per heavy atom. The maximum absolute atomic E-state index is 11.5. The number of likely N-dealkylation sites (N-methyl/N-ethyl adjacent to an activating group) is 1. The highest BCUT2D eigenvalue weighted by Gasteiger charge is 2.20. The summed E-state index contributed by atoms with van der Waals surface area (Å²) in [5.41, 5.74) is -0.441. The summed E-state index contributed by atoms with van der Waals surface area (Å²) in [5.74, 6) is -0.365. The molecule has 5 heteroatoms. The second kappa shape index (κ2) is 5.70. The van der Waals surface area contributed by atoms with Crippen molar-refractivity contribution >= 4 is 11.8 Å². The Labute approximate surface area is 90.5 Å². The molecule has 15 heavy (non-hydrogen) atoms. The Kier molecular flexibility index (Phi) is 5.28. The van der Waals surface area contributed by atoms with Crippen LogP contribution in [0.5, 0.6) is 0 Å². The average Bonchev–Trinajstić information content (AvgIpc) is 2.01. The zero-order valence-corrected chi connectivity index (χ0v) is 9.83. The van der Waals surface area contributed by atoms with E-state index in [1.807, 2.05) is 13.8 Å². The number of amides is 2. The summed E-state index contributed by atoms with van der Waals surface area (Å²) in [6, 6.07) is 0. The van der Waals surface area contributed by atoms with Crippen molar-refractivity contribution < 1.29 is 14.7 Å². The van der Waals surface area contributed by atoms with E-state index in [-0.39, 0.29) is 25.0 Å². The molecule has 2 amide bonds. The normalized spacial score (nSPS) is 11.0. The Morgan fingerprint density at radius 1 is 1.40 bits per heavy atom. The predicted octanol–water partition coefficient (Wildman–Crippen LogP) is -0.258. The number of rotatable bonds is 5. The van der Waals surface area contributed by atoms with Gasteiger partial charge in [0, 0.05) is 26.1 Å². The first-order chi connectivity index (χ1) is 6.78. The molecule has 0 saturated heterocycles. The number of nitrogens with zero attached hydrogens (tertiary/aromatic N) is 1. The van der Waals surface area contributed by atoms with E-state index in [0.29, 0.717) is 6.42 Å². The molecular weight excluding hydrogens is 196 g/mol. The van der Waals surface area contributed by atoms with E-state index in [1.54, 1.807) is 7.05 Å². The zero-order chi connectivity index (χ0) is 12.1. The minimum atomic E-state index is -0.441. The van der Waals surface area contributed by atoms with Crippen LogP contribution < -0.4 is 5.32 Å². The summed E-state index contributed by atoms with van der Waals surface area (Å²) >= 11 is 0. The van der Waals surface area contributed by atoms with Gasteiger partial charge in [0.05, 0.1) is 6.54 Å². The minimum absolute atomic E-state index is 0.0236. The van der Waals surface area contributed by atoms with E-state index in [0.717, 1.165) is 0 Å². The van der Waals surface area contributed by atoms with E-state index >= 15 is 0 Å². The molecule has 0 aromatic carbocycles. The molecule has 5 nitrogen and oxygen atoms in total. The van der Waals surface area contributed by atoms with Gasteiger partial charge in [0.15, 0.2) is 0 Å². The second-order valence-corrected chi connectivity index (χ2v) is 4.28. The van der Waals surface area contributed by atoms with Crippen LogP contribution in [0.4, 0.5) is 0 Å². The summed E-state index contributed by atoms with van der Waals surface area (Å²) in [6.45, 7) is 5.13. The van der Waals surface area contributed by atoms with Gasteiger partial charge in [0.25, 0.3) is 0 Å². The highest BCUT2D eigenvalue weighted by atomic mass is 16.3. The third-order valence-corrected chi connectivity index (χ3v) is 2.13. The lowest BCUT2D eigenvalue weighted by atomic mass is 10.0. The summed E-state index contributed by atoms with van der Waals surface area (Å²) in [6.07, 6.45) is 0.489. The van der Waals surface area contributed by atoms with Gasteiger partial charge in [-0.05, 0) is 20.3 Å². The van der Waals surface area contributed by atoms with E-state index in [9.17, 15) is 9.59 Å². The van der Waals surface area contributed by atoms with Crippen LogP contribution in [0.25, 0.3) is 0 Å². The Balaban J connectivity index is 4.08. The van der Waals surface area contributed by atoms with Gasteiger partial charge in [-0.1, -0.05) is 0 Å².